The van der Waals surface area contributed by atoms with E-state index in [1.807, 2.05) is 36.4 Å². The molecule has 0 spiro atoms. The van der Waals surface area contributed by atoms with Crippen molar-refractivity contribution in [2.45, 2.75) is 6.10 Å². The molecular formula is C16H12Cl3NO2. The summed E-state index contributed by atoms with van der Waals surface area (Å²) in [6.45, 7) is 0.307. The van der Waals surface area contributed by atoms with E-state index < -0.39 is 0 Å². The van der Waals surface area contributed by atoms with Gasteiger partial charge in [-0.2, -0.15) is 0 Å². The second-order valence-electron chi connectivity index (χ2n) is 4.71. The summed E-state index contributed by atoms with van der Waals surface area (Å²) in [6, 6.07) is 13.1. The predicted octanol–water partition coefficient (Wildman–Crippen LogP) is 4.97. The molecule has 1 atom stereocenters. The zero-order valence-corrected chi connectivity index (χ0v) is 13.6. The van der Waals surface area contributed by atoms with Crippen LogP contribution in [0.15, 0.2) is 48.5 Å². The van der Waals surface area contributed by atoms with Gasteiger partial charge in [0.1, 0.15) is 18.5 Å². The van der Waals surface area contributed by atoms with Crippen LogP contribution >= 0.6 is 34.8 Å². The molecule has 0 fully saturated rings. The molecule has 2 aromatic carbocycles. The molecule has 3 nitrogen and oxygen atoms in total. The third-order valence-electron chi connectivity index (χ3n) is 3.14. The van der Waals surface area contributed by atoms with Gasteiger partial charge in [-0.1, -0.05) is 65.1 Å². The van der Waals surface area contributed by atoms with Crippen LogP contribution in [0.2, 0.25) is 15.1 Å². The molecule has 1 aliphatic rings. The van der Waals surface area contributed by atoms with Crippen molar-refractivity contribution < 1.29 is 9.57 Å². The maximum atomic E-state index is 6.07. The van der Waals surface area contributed by atoms with Crippen molar-refractivity contribution in [2.75, 3.05) is 6.61 Å². The molecule has 0 unspecified atom stereocenters. The molecule has 0 saturated carbocycles. The van der Waals surface area contributed by atoms with Gasteiger partial charge in [0.15, 0.2) is 0 Å². The standard InChI is InChI=1S/C16H12Cl3NO2/c17-12-7-14(19)16(8-13(12)18)21-9-11-6-15(20-22-11)10-4-2-1-3-5-10/h1-8,11,20H,9H2/t11-/m1/s1. The molecular weight excluding hydrogens is 345 g/mol. The van der Waals surface area contributed by atoms with Gasteiger partial charge in [0.05, 0.1) is 20.8 Å². The Bertz CT molecular complexity index is 704. The highest BCUT2D eigenvalue weighted by Crippen LogP contribution is 2.34. The van der Waals surface area contributed by atoms with Crippen LogP contribution in [0, 0.1) is 0 Å². The second-order valence-corrected chi connectivity index (χ2v) is 5.93. The van der Waals surface area contributed by atoms with Gasteiger partial charge in [-0.05, 0) is 17.7 Å². The van der Waals surface area contributed by atoms with Gasteiger partial charge in [0, 0.05) is 6.07 Å². The van der Waals surface area contributed by atoms with E-state index in [1.165, 1.54) is 0 Å². The number of benzene rings is 2. The topological polar surface area (TPSA) is 30.5 Å². The fourth-order valence-corrected chi connectivity index (χ4v) is 2.63. The zero-order chi connectivity index (χ0) is 15.5. The number of nitrogens with one attached hydrogen (secondary N) is 1. The number of halogens is 3. The summed E-state index contributed by atoms with van der Waals surface area (Å²) in [5.41, 5.74) is 4.86. The first-order valence-corrected chi connectivity index (χ1v) is 7.73. The van der Waals surface area contributed by atoms with E-state index in [2.05, 4.69) is 5.48 Å². The van der Waals surface area contributed by atoms with E-state index in [1.54, 1.807) is 12.1 Å². The molecule has 0 radical (unpaired) electrons. The maximum absolute atomic E-state index is 6.07. The van der Waals surface area contributed by atoms with Crippen molar-refractivity contribution in [1.82, 2.24) is 5.48 Å². The molecule has 1 heterocycles. The summed E-state index contributed by atoms with van der Waals surface area (Å²) >= 11 is 17.9. The Labute approximate surface area is 143 Å². The van der Waals surface area contributed by atoms with Gasteiger partial charge < -0.3 is 4.74 Å². The van der Waals surface area contributed by atoms with Crippen LogP contribution < -0.4 is 10.2 Å². The van der Waals surface area contributed by atoms with Gasteiger partial charge >= 0.3 is 0 Å². The Kier molecular flexibility index (Phi) is 4.79. The fraction of sp³-hybridized carbons (Fsp3) is 0.125. The Morgan fingerprint density at radius 3 is 2.50 bits per heavy atom. The Morgan fingerprint density at radius 1 is 1.00 bits per heavy atom. The van der Waals surface area contributed by atoms with Crippen LogP contribution in [0.3, 0.4) is 0 Å². The van der Waals surface area contributed by atoms with Crippen LogP contribution in [0.4, 0.5) is 0 Å². The fourth-order valence-electron chi connectivity index (χ4n) is 2.03. The molecule has 22 heavy (non-hydrogen) atoms. The van der Waals surface area contributed by atoms with Crippen LogP contribution in [0.5, 0.6) is 5.75 Å². The van der Waals surface area contributed by atoms with E-state index in [-0.39, 0.29) is 6.10 Å². The van der Waals surface area contributed by atoms with Crippen molar-refractivity contribution in [1.29, 1.82) is 0 Å². The predicted molar refractivity (Wildman–Crippen MR) is 89.4 cm³/mol. The van der Waals surface area contributed by atoms with Crippen molar-refractivity contribution in [3.05, 3.63) is 69.2 Å². The molecule has 0 aromatic heterocycles. The van der Waals surface area contributed by atoms with E-state index in [4.69, 9.17) is 44.4 Å². The van der Waals surface area contributed by atoms with Gasteiger partial charge in [0.2, 0.25) is 0 Å². The summed E-state index contributed by atoms with van der Waals surface area (Å²) in [7, 11) is 0. The summed E-state index contributed by atoms with van der Waals surface area (Å²) in [4.78, 5) is 5.47. The minimum absolute atomic E-state index is 0.222. The van der Waals surface area contributed by atoms with E-state index >= 15 is 0 Å². The molecule has 3 rings (SSSR count). The lowest BCUT2D eigenvalue weighted by atomic mass is 10.1. The van der Waals surface area contributed by atoms with Crippen molar-refractivity contribution in [2.24, 2.45) is 0 Å². The number of hydroxylamine groups is 1. The number of rotatable bonds is 4. The number of hydrogen-bond donors (Lipinski definition) is 1. The Balaban J connectivity index is 1.66. The van der Waals surface area contributed by atoms with E-state index in [9.17, 15) is 0 Å². The largest absolute Gasteiger partial charge is 0.489 e. The Hall–Kier alpha value is -1.39. The minimum atomic E-state index is -0.222. The summed E-state index contributed by atoms with van der Waals surface area (Å²) in [6.07, 6.45) is 1.74. The molecule has 0 bridgehead atoms. The third-order valence-corrected chi connectivity index (χ3v) is 4.15. The molecule has 0 aliphatic carbocycles. The minimum Gasteiger partial charge on any atom is -0.489 e. The third kappa shape index (κ3) is 3.50. The van der Waals surface area contributed by atoms with Crippen LogP contribution in [0.25, 0.3) is 5.70 Å². The molecule has 114 valence electrons. The van der Waals surface area contributed by atoms with Gasteiger partial charge in [0.25, 0.3) is 0 Å². The Morgan fingerprint density at radius 2 is 1.73 bits per heavy atom. The molecule has 6 heteroatoms. The molecule has 0 saturated heterocycles. The summed E-state index contributed by atoms with van der Waals surface area (Å²) in [5.74, 6) is 0.473. The van der Waals surface area contributed by atoms with Crippen molar-refractivity contribution in [3.8, 4) is 5.75 Å². The smallest absolute Gasteiger partial charge is 0.140 e. The van der Waals surface area contributed by atoms with E-state index in [0.29, 0.717) is 27.4 Å². The number of ether oxygens (including phenoxy) is 1. The monoisotopic (exact) mass is 355 g/mol. The lowest BCUT2D eigenvalue weighted by Crippen LogP contribution is -2.19. The SMILES string of the molecule is Clc1cc(Cl)c(OC[C@H]2C=C(c3ccccc3)NO2)cc1Cl. The van der Waals surface area contributed by atoms with Crippen LogP contribution in [-0.4, -0.2) is 12.7 Å². The average Bonchev–Trinajstić information content (AvgIpc) is 2.99. The van der Waals surface area contributed by atoms with Gasteiger partial charge in [-0.25, -0.2) is 0 Å². The highest BCUT2D eigenvalue weighted by Gasteiger charge is 2.19. The quantitative estimate of drug-likeness (QED) is 0.785. The summed E-state index contributed by atoms with van der Waals surface area (Å²) < 4.78 is 5.66. The van der Waals surface area contributed by atoms with E-state index in [0.717, 1.165) is 11.3 Å². The zero-order valence-electron chi connectivity index (χ0n) is 11.4. The van der Waals surface area contributed by atoms with Gasteiger partial charge in [-0.3, -0.25) is 10.3 Å². The maximum Gasteiger partial charge on any atom is 0.140 e. The normalized spacial score (nSPS) is 17.0. The van der Waals surface area contributed by atoms with Crippen LogP contribution in [-0.2, 0) is 4.84 Å². The first-order chi connectivity index (χ1) is 10.6. The highest BCUT2D eigenvalue weighted by molar-refractivity contribution is 6.43. The molecule has 2 aromatic rings. The van der Waals surface area contributed by atoms with Crippen molar-refractivity contribution >= 4 is 40.5 Å². The molecule has 1 aliphatic heterocycles. The van der Waals surface area contributed by atoms with Crippen LogP contribution in [0.1, 0.15) is 5.56 Å². The molecule has 0 amide bonds. The first-order valence-electron chi connectivity index (χ1n) is 6.60. The first kappa shape index (κ1) is 15.5. The number of hydrogen-bond acceptors (Lipinski definition) is 3. The lowest BCUT2D eigenvalue weighted by molar-refractivity contribution is 0.0236. The summed E-state index contributed by atoms with van der Waals surface area (Å²) in [5, 5.41) is 1.20. The average molecular weight is 357 g/mol. The van der Waals surface area contributed by atoms with Crippen molar-refractivity contribution in [3.63, 3.8) is 0 Å². The van der Waals surface area contributed by atoms with Gasteiger partial charge in [-0.15, -0.1) is 0 Å². The second kappa shape index (κ2) is 6.80. The lowest BCUT2D eigenvalue weighted by Gasteiger charge is -2.12. The highest BCUT2D eigenvalue weighted by atomic mass is 35.5. The molecule has 1 N–H and O–H groups in total.